The first-order valence-electron chi connectivity index (χ1n) is 8.02. The van der Waals surface area contributed by atoms with Crippen molar-refractivity contribution in [2.45, 2.75) is 13.8 Å². The number of nitrogens with zero attached hydrogens (tertiary/aromatic N) is 2. The molecule has 1 amide bonds. The van der Waals surface area contributed by atoms with Crippen LogP contribution < -0.4 is 5.32 Å². The summed E-state index contributed by atoms with van der Waals surface area (Å²) >= 11 is 10.9. The van der Waals surface area contributed by atoms with Crippen LogP contribution in [0.1, 0.15) is 20.9 Å². The van der Waals surface area contributed by atoms with Crippen LogP contribution in [0.5, 0.6) is 0 Å². The standard InChI is InChI=1S/C19H13BrClN3O2S/c1-9-15-10(2)22-17(14-4-3-7-26-14)24-19(15)27-16(9)18(25)23-13-6-5-11(20)8-12(13)21/h3-8H,1-2H3,(H,23,25). The van der Waals surface area contributed by atoms with E-state index in [9.17, 15) is 4.79 Å². The summed E-state index contributed by atoms with van der Waals surface area (Å²) in [5, 5.41) is 4.23. The van der Waals surface area contributed by atoms with E-state index in [1.165, 1.54) is 11.3 Å². The van der Waals surface area contributed by atoms with Gasteiger partial charge >= 0.3 is 0 Å². The highest BCUT2D eigenvalue weighted by atomic mass is 79.9. The zero-order valence-electron chi connectivity index (χ0n) is 14.3. The molecular formula is C19H13BrClN3O2S. The van der Waals surface area contributed by atoms with Gasteiger partial charge in [-0.05, 0) is 49.7 Å². The van der Waals surface area contributed by atoms with Crippen molar-refractivity contribution in [1.29, 1.82) is 0 Å². The Bertz CT molecular complexity index is 1170. The van der Waals surface area contributed by atoms with E-state index in [1.807, 2.05) is 26.0 Å². The van der Waals surface area contributed by atoms with Crippen molar-refractivity contribution in [3.8, 4) is 11.6 Å². The molecule has 3 aromatic heterocycles. The molecule has 8 heteroatoms. The number of aromatic nitrogens is 2. The Kier molecular flexibility index (Phi) is 4.75. The fourth-order valence-corrected chi connectivity index (χ4v) is 4.69. The first kappa shape index (κ1) is 18.2. The predicted octanol–water partition coefficient (Wildman–Crippen LogP) is 6.24. The Labute approximate surface area is 172 Å². The Morgan fingerprint density at radius 2 is 2.07 bits per heavy atom. The Morgan fingerprint density at radius 1 is 1.26 bits per heavy atom. The van der Waals surface area contributed by atoms with Gasteiger partial charge in [0.15, 0.2) is 11.6 Å². The molecule has 136 valence electrons. The summed E-state index contributed by atoms with van der Waals surface area (Å²) in [6.07, 6.45) is 1.58. The van der Waals surface area contributed by atoms with E-state index in [-0.39, 0.29) is 5.91 Å². The van der Waals surface area contributed by atoms with Crippen molar-refractivity contribution >= 4 is 60.7 Å². The van der Waals surface area contributed by atoms with Crippen LogP contribution in [0.25, 0.3) is 21.8 Å². The molecule has 5 nitrogen and oxygen atoms in total. The molecule has 1 N–H and O–H groups in total. The molecule has 0 aliphatic carbocycles. The number of hydrogen-bond acceptors (Lipinski definition) is 5. The second kappa shape index (κ2) is 7.07. The number of aryl methyl sites for hydroxylation is 2. The van der Waals surface area contributed by atoms with Gasteiger partial charge in [-0.3, -0.25) is 4.79 Å². The first-order chi connectivity index (χ1) is 12.9. The van der Waals surface area contributed by atoms with Crippen LogP contribution in [0.15, 0.2) is 45.5 Å². The van der Waals surface area contributed by atoms with Crippen LogP contribution in [0.2, 0.25) is 5.02 Å². The smallest absolute Gasteiger partial charge is 0.266 e. The van der Waals surface area contributed by atoms with Gasteiger partial charge in [0.2, 0.25) is 0 Å². The number of rotatable bonds is 3. The molecule has 0 fully saturated rings. The summed E-state index contributed by atoms with van der Waals surface area (Å²) in [6.45, 7) is 3.81. The minimum Gasteiger partial charge on any atom is -0.461 e. The van der Waals surface area contributed by atoms with Crippen molar-refractivity contribution in [2.75, 3.05) is 5.32 Å². The van der Waals surface area contributed by atoms with Gasteiger partial charge in [0.1, 0.15) is 4.83 Å². The number of hydrogen-bond donors (Lipinski definition) is 1. The highest BCUT2D eigenvalue weighted by Gasteiger charge is 2.20. The van der Waals surface area contributed by atoms with E-state index in [4.69, 9.17) is 16.0 Å². The Morgan fingerprint density at radius 3 is 2.78 bits per heavy atom. The average molecular weight is 463 g/mol. The van der Waals surface area contributed by atoms with Crippen molar-refractivity contribution in [3.05, 3.63) is 62.2 Å². The summed E-state index contributed by atoms with van der Waals surface area (Å²) in [6, 6.07) is 8.92. The topological polar surface area (TPSA) is 68.0 Å². The van der Waals surface area contributed by atoms with Gasteiger partial charge < -0.3 is 9.73 Å². The number of carbonyl (C=O) groups is 1. The van der Waals surface area contributed by atoms with Crippen LogP contribution in [0.4, 0.5) is 5.69 Å². The molecule has 0 aliphatic heterocycles. The number of benzene rings is 1. The molecule has 0 aliphatic rings. The minimum atomic E-state index is -0.223. The lowest BCUT2D eigenvalue weighted by Gasteiger charge is -2.07. The molecule has 0 unspecified atom stereocenters. The highest BCUT2D eigenvalue weighted by molar-refractivity contribution is 9.10. The number of furan rings is 1. The molecule has 0 saturated carbocycles. The van der Waals surface area contributed by atoms with Crippen LogP contribution >= 0.6 is 38.9 Å². The van der Waals surface area contributed by atoms with Gasteiger partial charge in [0.25, 0.3) is 5.91 Å². The number of anilines is 1. The van der Waals surface area contributed by atoms with E-state index in [1.54, 1.807) is 24.5 Å². The molecule has 0 saturated heterocycles. The second-order valence-electron chi connectivity index (χ2n) is 5.92. The summed E-state index contributed by atoms with van der Waals surface area (Å²) < 4.78 is 6.24. The van der Waals surface area contributed by atoms with Crippen LogP contribution in [0.3, 0.4) is 0 Å². The van der Waals surface area contributed by atoms with E-state index in [0.29, 0.717) is 27.2 Å². The quantitative estimate of drug-likeness (QED) is 0.391. The van der Waals surface area contributed by atoms with Gasteiger partial charge in [0.05, 0.1) is 27.5 Å². The zero-order chi connectivity index (χ0) is 19.1. The van der Waals surface area contributed by atoms with Crippen LogP contribution in [-0.2, 0) is 0 Å². The van der Waals surface area contributed by atoms with Gasteiger partial charge in [0, 0.05) is 9.86 Å². The third-order valence-corrected chi connectivity index (χ3v) is 6.09. The van der Waals surface area contributed by atoms with Gasteiger partial charge in [-0.15, -0.1) is 11.3 Å². The molecule has 4 rings (SSSR count). The number of nitrogens with one attached hydrogen (secondary N) is 1. The lowest BCUT2D eigenvalue weighted by molar-refractivity contribution is 0.103. The number of amides is 1. The van der Waals surface area contributed by atoms with Crippen molar-refractivity contribution in [2.24, 2.45) is 0 Å². The molecule has 0 spiro atoms. The molecule has 0 bridgehead atoms. The molecule has 27 heavy (non-hydrogen) atoms. The summed E-state index contributed by atoms with van der Waals surface area (Å²) in [5.41, 5.74) is 2.21. The maximum atomic E-state index is 12.8. The SMILES string of the molecule is Cc1nc(-c2ccco2)nc2sc(C(=O)Nc3ccc(Br)cc3Cl)c(C)c12. The summed E-state index contributed by atoms with van der Waals surface area (Å²) in [5.74, 6) is 0.881. The maximum absolute atomic E-state index is 12.8. The minimum absolute atomic E-state index is 0.223. The van der Waals surface area contributed by atoms with Crippen molar-refractivity contribution in [1.82, 2.24) is 9.97 Å². The molecular weight excluding hydrogens is 450 g/mol. The van der Waals surface area contributed by atoms with E-state index < -0.39 is 0 Å². The number of halogens is 2. The van der Waals surface area contributed by atoms with Crippen molar-refractivity contribution < 1.29 is 9.21 Å². The summed E-state index contributed by atoms with van der Waals surface area (Å²) in [4.78, 5) is 23.3. The number of carbonyl (C=O) groups excluding carboxylic acids is 1. The highest BCUT2D eigenvalue weighted by Crippen LogP contribution is 2.34. The molecule has 3 heterocycles. The first-order valence-corrected chi connectivity index (χ1v) is 10.0. The van der Waals surface area contributed by atoms with Crippen LogP contribution in [-0.4, -0.2) is 15.9 Å². The maximum Gasteiger partial charge on any atom is 0.266 e. The number of fused-ring (bicyclic) bond motifs is 1. The monoisotopic (exact) mass is 461 g/mol. The molecule has 1 aromatic carbocycles. The lowest BCUT2D eigenvalue weighted by Crippen LogP contribution is -2.11. The fourth-order valence-electron chi connectivity index (χ4n) is 2.84. The molecule has 4 aromatic rings. The Balaban J connectivity index is 1.74. The largest absolute Gasteiger partial charge is 0.461 e. The normalized spacial score (nSPS) is 11.1. The summed E-state index contributed by atoms with van der Waals surface area (Å²) in [7, 11) is 0. The number of thiophene rings is 1. The van der Waals surface area contributed by atoms with E-state index >= 15 is 0 Å². The Hall–Kier alpha value is -2.22. The second-order valence-corrected chi connectivity index (χ2v) is 8.25. The van der Waals surface area contributed by atoms with Crippen LogP contribution in [0, 0.1) is 13.8 Å². The lowest BCUT2D eigenvalue weighted by atomic mass is 10.1. The zero-order valence-corrected chi connectivity index (χ0v) is 17.5. The predicted molar refractivity (Wildman–Crippen MR) is 112 cm³/mol. The van der Waals surface area contributed by atoms with Gasteiger partial charge in [-0.1, -0.05) is 27.5 Å². The van der Waals surface area contributed by atoms with E-state index in [2.05, 4.69) is 31.2 Å². The molecule has 0 radical (unpaired) electrons. The van der Waals surface area contributed by atoms with E-state index in [0.717, 1.165) is 25.9 Å². The van der Waals surface area contributed by atoms with Gasteiger partial charge in [-0.25, -0.2) is 9.97 Å². The third kappa shape index (κ3) is 3.38. The average Bonchev–Trinajstić information content (AvgIpc) is 3.26. The van der Waals surface area contributed by atoms with Crippen molar-refractivity contribution in [3.63, 3.8) is 0 Å². The van der Waals surface area contributed by atoms with Gasteiger partial charge in [-0.2, -0.15) is 0 Å². The molecule has 0 atom stereocenters. The third-order valence-electron chi connectivity index (χ3n) is 4.10. The fraction of sp³-hybridized carbons (Fsp3) is 0.105.